The maximum Gasteiger partial charge on any atom is 0.341 e. The van der Waals surface area contributed by atoms with E-state index in [1.807, 2.05) is 64.0 Å². The van der Waals surface area contributed by atoms with Crippen molar-refractivity contribution < 1.29 is 14.3 Å². The molecular weight excluding hydrogens is 494 g/mol. The molecule has 0 spiro atoms. The molecule has 3 aromatic heterocycles. The number of aromatic nitrogens is 6. The Morgan fingerprint density at radius 3 is 2.44 bits per heavy atom. The first kappa shape index (κ1) is 24.6. The third kappa shape index (κ3) is 4.93. The summed E-state index contributed by atoms with van der Waals surface area (Å²) in [5.41, 5.74) is 9.22. The minimum Gasteiger partial charge on any atom is -0.462 e. The highest BCUT2D eigenvalue weighted by atomic mass is 16.5. The number of hydrogen-bond donors (Lipinski definition) is 1. The van der Waals surface area contributed by atoms with Gasteiger partial charge in [0, 0.05) is 11.8 Å². The summed E-state index contributed by atoms with van der Waals surface area (Å²) in [5.74, 6) is 1.58. The Labute approximate surface area is 225 Å². The molecular formula is C29H29N7O3. The summed E-state index contributed by atoms with van der Waals surface area (Å²) in [6, 6.07) is 17.8. The number of benzene rings is 2. The quantitative estimate of drug-likeness (QED) is 0.274. The SMILES string of the molecule is CCOC(=O)c1cnn(C2CCC(n3nc(-c4ccc(Oc5ccccc5)cc4)c4c(N)ncnc43)CC2)c1. The van der Waals surface area contributed by atoms with Gasteiger partial charge in [0.05, 0.1) is 35.8 Å². The minimum absolute atomic E-state index is 0.160. The van der Waals surface area contributed by atoms with Crippen LogP contribution in [0.25, 0.3) is 22.3 Å². The predicted molar refractivity (Wildman–Crippen MR) is 146 cm³/mol. The molecule has 1 fully saturated rings. The van der Waals surface area contributed by atoms with Crippen LogP contribution in [0, 0.1) is 0 Å². The van der Waals surface area contributed by atoms with Gasteiger partial charge in [-0.3, -0.25) is 4.68 Å². The van der Waals surface area contributed by atoms with Gasteiger partial charge in [0.25, 0.3) is 0 Å². The van der Waals surface area contributed by atoms with E-state index >= 15 is 0 Å². The molecule has 198 valence electrons. The lowest BCUT2D eigenvalue weighted by atomic mass is 9.91. The maximum absolute atomic E-state index is 12.0. The first-order chi connectivity index (χ1) is 19.1. The average Bonchev–Trinajstić information content (AvgIpc) is 3.61. The molecule has 3 heterocycles. The van der Waals surface area contributed by atoms with Crippen molar-refractivity contribution in [2.45, 2.75) is 44.7 Å². The molecule has 0 atom stereocenters. The monoisotopic (exact) mass is 523 g/mol. The van der Waals surface area contributed by atoms with Gasteiger partial charge in [0.2, 0.25) is 0 Å². The fourth-order valence-corrected chi connectivity index (χ4v) is 5.18. The highest BCUT2D eigenvalue weighted by molar-refractivity contribution is 5.98. The van der Waals surface area contributed by atoms with E-state index in [-0.39, 0.29) is 18.1 Å². The number of nitrogen functional groups attached to an aromatic ring is 1. The second-order valence-corrected chi connectivity index (χ2v) is 9.58. The molecule has 0 bridgehead atoms. The van der Waals surface area contributed by atoms with E-state index in [0.717, 1.165) is 59.5 Å². The highest BCUT2D eigenvalue weighted by Crippen LogP contribution is 2.39. The van der Waals surface area contributed by atoms with Crippen molar-refractivity contribution in [3.8, 4) is 22.8 Å². The van der Waals surface area contributed by atoms with Gasteiger partial charge in [-0.05, 0) is 69.0 Å². The van der Waals surface area contributed by atoms with Crippen molar-refractivity contribution in [2.75, 3.05) is 12.3 Å². The van der Waals surface area contributed by atoms with E-state index in [4.69, 9.17) is 20.3 Å². The molecule has 1 saturated carbocycles. The first-order valence-corrected chi connectivity index (χ1v) is 13.1. The lowest BCUT2D eigenvalue weighted by molar-refractivity contribution is 0.0526. The van der Waals surface area contributed by atoms with Crippen molar-refractivity contribution in [3.05, 3.63) is 78.9 Å². The Balaban J connectivity index is 1.23. The number of anilines is 1. The number of nitrogens with zero attached hydrogens (tertiary/aromatic N) is 6. The number of fused-ring (bicyclic) bond motifs is 1. The summed E-state index contributed by atoms with van der Waals surface area (Å²) in [6.07, 6.45) is 8.43. The zero-order chi connectivity index (χ0) is 26.8. The number of carbonyl (C=O) groups is 1. The van der Waals surface area contributed by atoms with Crippen molar-refractivity contribution in [3.63, 3.8) is 0 Å². The summed E-state index contributed by atoms with van der Waals surface area (Å²) in [7, 11) is 0. The standard InChI is InChI=1S/C29H29N7O3/c1-2-38-29(37)20-16-33-35(17-20)21-10-12-22(13-11-21)36-28-25(27(30)31-18-32-28)26(34-36)19-8-14-24(15-9-19)39-23-6-4-3-5-7-23/h3-9,14-18,21-22H,2,10-13H2,1H3,(H2,30,31,32). The van der Waals surface area contributed by atoms with Gasteiger partial charge in [-0.15, -0.1) is 0 Å². The highest BCUT2D eigenvalue weighted by Gasteiger charge is 2.28. The Morgan fingerprint density at radius 2 is 1.69 bits per heavy atom. The van der Waals surface area contributed by atoms with Crippen molar-refractivity contribution in [2.24, 2.45) is 0 Å². The molecule has 0 unspecified atom stereocenters. The topological polar surface area (TPSA) is 123 Å². The van der Waals surface area contributed by atoms with Crippen LogP contribution in [0.15, 0.2) is 73.3 Å². The number of carbonyl (C=O) groups excluding carboxylic acids is 1. The Kier molecular flexibility index (Phi) is 6.66. The fourth-order valence-electron chi connectivity index (χ4n) is 5.18. The van der Waals surface area contributed by atoms with E-state index < -0.39 is 0 Å². The molecule has 2 N–H and O–H groups in total. The van der Waals surface area contributed by atoms with Gasteiger partial charge in [0.15, 0.2) is 5.65 Å². The summed E-state index contributed by atoms with van der Waals surface area (Å²) < 4.78 is 14.9. The number of rotatable bonds is 7. The molecule has 0 amide bonds. The van der Waals surface area contributed by atoms with Gasteiger partial charge < -0.3 is 15.2 Å². The van der Waals surface area contributed by atoms with Gasteiger partial charge in [-0.25, -0.2) is 19.4 Å². The molecule has 5 aromatic rings. The van der Waals surface area contributed by atoms with Crippen LogP contribution in [0.2, 0.25) is 0 Å². The second kappa shape index (κ2) is 10.6. The van der Waals surface area contributed by atoms with Gasteiger partial charge in [-0.2, -0.15) is 10.2 Å². The van der Waals surface area contributed by atoms with Crippen LogP contribution in [0.1, 0.15) is 55.0 Å². The zero-order valence-electron chi connectivity index (χ0n) is 21.6. The van der Waals surface area contributed by atoms with Gasteiger partial charge in [-0.1, -0.05) is 18.2 Å². The largest absolute Gasteiger partial charge is 0.462 e. The number of para-hydroxylation sites is 1. The van der Waals surface area contributed by atoms with E-state index in [0.29, 0.717) is 18.0 Å². The Morgan fingerprint density at radius 1 is 0.974 bits per heavy atom. The van der Waals surface area contributed by atoms with Crippen molar-refractivity contribution >= 4 is 22.8 Å². The van der Waals surface area contributed by atoms with Crippen LogP contribution < -0.4 is 10.5 Å². The van der Waals surface area contributed by atoms with Gasteiger partial charge in [0.1, 0.15) is 29.3 Å². The molecule has 0 saturated heterocycles. The van der Waals surface area contributed by atoms with E-state index in [1.54, 1.807) is 19.3 Å². The molecule has 39 heavy (non-hydrogen) atoms. The second-order valence-electron chi connectivity index (χ2n) is 9.58. The van der Waals surface area contributed by atoms with Crippen molar-refractivity contribution in [1.29, 1.82) is 0 Å². The fraction of sp³-hybridized carbons (Fsp3) is 0.276. The summed E-state index contributed by atoms with van der Waals surface area (Å²) in [5, 5.41) is 10.2. The van der Waals surface area contributed by atoms with E-state index in [9.17, 15) is 4.79 Å². The molecule has 10 heteroatoms. The molecule has 10 nitrogen and oxygen atoms in total. The van der Waals surface area contributed by atoms with E-state index in [2.05, 4.69) is 15.1 Å². The predicted octanol–water partition coefficient (Wildman–Crippen LogP) is 5.60. The van der Waals surface area contributed by atoms with Crippen LogP contribution in [-0.4, -0.2) is 42.1 Å². The smallest absolute Gasteiger partial charge is 0.341 e. The van der Waals surface area contributed by atoms with E-state index in [1.165, 1.54) is 6.33 Å². The number of ether oxygens (including phenoxy) is 2. The number of hydrogen-bond acceptors (Lipinski definition) is 8. The first-order valence-electron chi connectivity index (χ1n) is 13.1. The molecule has 1 aliphatic rings. The Hall–Kier alpha value is -4.73. The van der Waals surface area contributed by atoms with Crippen LogP contribution in [-0.2, 0) is 4.74 Å². The third-order valence-electron chi connectivity index (χ3n) is 7.12. The average molecular weight is 524 g/mol. The van der Waals surface area contributed by atoms with Gasteiger partial charge >= 0.3 is 5.97 Å². The maximum atomic E-state index is 12.0. The molecule has 1 aliphatic carbocycles. The normalized spacial score (nSPS) is 17.3. The van der Waals surface area contributed by atoms with Crippen molar-refractivity contribution in [1.82, 2.24) is 29.5 Å². The van der Waals surface area contributed by atoms with Crippen LogP contribution in [0.4, 0.5) is 5.82 Å². The third-order valence-corrected chi connectivity index (χ3v) is 7.12. The Bertz CT molecular complexity index is 1590. The lowest BCUT2D eigenvalue weighted by Crippen LogP contribution is -2.22. The molecule has 6 rings (SSSR count). The van der Waals surface area contributed by atoms with Crippen LogP contribution in [0.5, 0.6) is 11.5 Å². The zero-order valence-corrected chi connectivity index (χ0v) is 21.6. The van der Waals surface area contributed by atoms with Crippen LogP contribution >= 0.6 is 0 Å². The summed E-state index contributed by atoms with van der Waals surface area (Å²) >= 11 is 0. The molecule has 2 aromatic carbocycles. The number of nitrogens with two attached hydrogens (primary N) is 1. The minimum atomic E-state index is -0.343. The lowest BCUT2D eigenvalue weighted by Gasteiger charge is -2.29. The summed E-state index contributed by atoms with van der Waals surface area (Å²) in [4.78, 5) is 20.8. The van der Waals surface area contributed by atoms with Crippen LogP contribution in [0.3, 0.4) is 0 Å². The molecule has 0 aliphatic heterocycles. The number of esters is 1. The summed E-state index contributed by atoms with van der Waals surface area (Å²) in [6.45, 7) is 2.14. The molecule has 0 radical (unpaired) electrons.